The molecule has 1 aromatic rings. The van der Waals surface area contributed by atoms with Crippen molar-refractivity contribution in [1.29, 1.82) is 0 Å². The zero-order chi connectivity index (χ0) is 12.2. The summed E-state index contributed by atoms with van der Waals surface area (Å²) in [7, 11) is 0. The molecule has 1 heterocycles. The summed E-state index contributed by atoms with van der Waals surface area (Å²) in [6, 6.07) is 0. The number of alkyl halides is 4. The van der Waals surface area contributed by atoms with Gasteiger partial charge in [-0.25, -0.2) is 8.78 Å². The zero-order valence-corrected chi connectivity index (χ0v) is 9.33. The quantitative estimate of drug-likeness (QED) is 0.628. The molecule has 0 aliphatic carbocycles. The third kappa shape index (κ3) is 3.11. The molecule has 16 heavy (non-hydrogen) atoms. The Kier molecular flexibility index (Phi) is 4.60. The second-order valence-electron chi connectivity index (χ2n) is 3.10. The number of hydrogen-bond donors (Lipinski definition) is 1. The van der Waals surface area contributed by atoms with Gasteiger partial charge in [-0.3, -0.25) is 0 Å². The van der Waals surface area contributed by atoms with Crippen molar-refractivity contribution in [3.8, 4) is 0 Å². The molecule has 0 aromatic carbocycles. The van der Waals surface area contributed by atoms with Crippen LogP contribution in [0.15, 0.2) is 0 Å². The van der Waals surface area contributed by atoms with Crippen LogP contribution in [-0.2, 0) is 12.5 Å². The maximum Gasteiger partial charge on any atom is 0.359 e. The maximum absolute atomic E-state index is 12.8. The average Bonchev–Trinajstić information content (AvgIpc) is 2.67. The summed E-state index contributed by atoms with van der Waals surface area (Å²) in [6.45, 7) is 2.93. The van der Waals surface area contributed by atoms with E-state index in [2.05, 4.69) is 15.5 Å². The first-order valence-corrected chi connectivity index (χ1v) is 5.49. The molecule has 0 radical (unpaired) electrons. The molecule has 0 amide bonds. The van der Waals surface area contributed by atoms with Gasteiger partial charge in [0, 0.05) is 6.54 Å². The van der Waals surface area contributed by atoms with Gasteiger partial charge in [-0.1, -0.05) is 18.3 Å². The van der Waals surface area contributed by atoms with Crippen molar-refractivity contribution in [2.45, 2.75) is 32.2 Å². The van der Waals surface area contributed by atoms with Crippen LogP contribution in [0.3, 0.4) is 0 Å². The second-order valence-corrected chi connectivity index (χ2v) is 4.16. The van der Waals surface area contributed by atoms with Crippen LogP contribution in [-0.4, -0.2) is 23.2 Å². The number of aromatic nitrogens is 2. The molecule has 0 unspecified atom stereocenters. The van der Waals surface area contributed by atoms with E-state index in [1.54, 1.807) is 0 Å². The van der Waals surface area contributed by atoms with Crippen molar-refractivity contribution < 1.29 is 17.6 Å². The molecular weight excluding hydrogens is 246 g/mol. The summed E-state index contributed by atoms with van der Waals surface area (Å²) < 4.78 is 49.6. The third-order valence-corrected chi connectivity index (χ3v) is 2.74. The van der Waals surface area contributed by atoms with Gasteiger partial charge < -0.3 is 5.32 Å². The van der Waals surface area contributed by atoms with Gasteiger partial charge in [0.2, 0.25) is 0 Å². The molecule has 8 heteroatoms. The fourth-order valence-corrected chi connectivity index (χ4v) is 1.71. The van der Waals surface area contributed by atoms with Crippen LogP contribution in [0.1, 0.15) is 23.4 Å². The summed E-state index contributed by atoms with van der Waals surface area (Å²) in [5.41, 5.74) is 0. The number of rotatable bonds is 6. The van der Waals surface area contributed by atoms with E-state index in [0.717, 1.165) is 6.42 Å². The molecule has 1 aromatic heterocycles. The van der Waals surface area contributed by atoms with Crippen LogP contribution in [0.4, 0.5) is 17.6 Å². The Morgan fingerprint density at radius 3 is 2.62 bits per heavy atom. The van der Waals surface area contributed by atoms with E-state index in [4.69, 9.17) is 0 Å². The Hall–Kier alpha value is -0.760. The van der Waals surface area contributed by atoms with Gasteiger partial charge in [-0.15, -0.1) is 10.2 Å². The fourth-order valence-electron chi connectivity index (χ4n) is 0.925. The molecular formula is C8H11F4N3S. The van der Waals surface area contributed by atoms with Gasteiger partial charge in [0.05, 0.1) is 0 Å². The van der Waals surface area contributed by atoms with Crippen LogP contribution in [0, 0.1) is 0 Å². The first-order valence-electron chi connectivity index (χ1n) is 4.68. The van der Waals surface area contributed by atoms with Crippen LogP contribution < -0.4 is 5.32 Å². The van der Waals surface area contributed by atoms with Crippen LogP contribution in [0.2, 0.25) is 0 Å². The predicted octanol–water partition coefficient (Wildman–Crippen LogP) is 2.39. The highest BCUT2D eigenvalue weighted by molar-refractivity contribution is 7.11. The van der Waals surface area contributed by atoms with E-state index in [9.17, 15) is 17.6 Å². The van der Waals surface area contributed by atoms with Crippen molar-refractivity contribution in [2.75, 3.05) is 6.54 Å². The predicted molar refractivity (Wildman–Crippen MR) is 51.8 cm³/mol. The molecule has 0 bridgehead atoms. The molecule has 0 aliphatic rings. The lowest BCUT2D eigenvalue weighted by atomic mass is 10.4. The molecule has 0 aliphatic heterocycles. The average molecular weight is 257 g/mol. The summed E-state index contributed by atoms with van der Waals surface area (Å²) in [4.78, 5) is 0. The Balaban J connectivity index is 2.64. The van der Waals surface area contributed by atoms with Crippen LogP contribution >= 0.6 is 11.3 Å². The molecule has 0 atom stereocenters. The van der Waals surface area contributed by atoms with E-state index in [-0.39, 0.29) is 11.6 Å². The van der Waals surface area contributed by atoms with Gasteiger partial charge >= 0.3 is 12.3 Å². The number of hydrogen-bond acceptors (Lipinski definition) is 4. The lowest BCUT2D eigenvalue weighted by molar-refractivity contribution is -0.135. The van der Waals surface area contributed by atoms with Crippen molar-refractivity contribution in [2.24, 2.45) is 0 Å². The van der Waals surface area contributed by atoms with Gasteiger partial charge in [0.15, 0.2) is 5.01 Å². The maximum atomic E-state index is 12.8. The molecule has 0 fully saturated rings. The first-order chi connectivity index (χ1) is 7.48. The molecule has 0 saturated carbocycles. The monoisotopic (exact) mass is 257 g/mol. The number of nitrogens with one attached hydrogen (secondary N) is 1. The molecule has 0 saturated heterocycles. The smallest absolute Gasteiger partial charge is 0.310 e. The Labute approximate surface area is 93.9 Å². The summed E-state index contributed by atoms with van der Waals surface area (Å²) in [5, 5.41) is 8.78. The van der Waals surface area contributed by atoms with E-state index >= 15 is 0 Å². The second kappa shape index (κ2) is 5.53. The SMILES string of the molecule is CCCNCc1nnc(C(F)(F)C(F)F)s1. The third-order valence-electron chi connectivity index (χ3n) is 1.73. The highest BCUT2D eigenvalue weighted by Gasteiger charge is 2.46. The highest BCUT2D eigenvalue weighted by atomic mass is 32.1. The Morgan fingerprint density at radius 1 is 1.38 bits per heavy atom. The minimum absolute atomic E-state index is 0.269. The fraction of sp³-hybridized carbons (Fsp3) is 0.750. The lowest BCUT2D eigenvalue weighted by Crippen LogP contribution is -2.23. The molecule has 1 rings (SSSR count). The van der Waals surface area contributed by atoms with Crippen molar-refractivity contribution in [3.05, 3.63) is 10.0 Å². The van der Waals surface area contributed by atoms with Crippen molar-refractivity contribution in [1.82, 2.24) is 15.5 Å². The molecule has 1 N–H and O–H groups in total. The lowest BCUT2D eigenvalue weighted by Gasteiger charge is -2.10. The molecule has 3 nitrogen and oxygen atoms in total. The van der Waals surface area contributed by atoms with Gasteiger partial charge in [-0.2, -0.15) is 8.78 Å². The summed E-state index contributed by atoms with van der Waals surface area (Å²) in [5.74, 6) is -4.21. The van der Waals surface area contributed by atoms with Crippen molar-refractivity contribution >= 4 is 11.3 Å². The molecule has 0 spiro atoms. The minimum Gasteiger partial charge on any atom is -0.310 e. The normalized spacial score (nSPS) is 12.4. The van der Waals surface area contributed by atoms with Crippen LogP contribution in [0.25, 0.3) is 0 Å². The van der Waals surface area contributed by atoms with Gasteiger partial charge in [0.1, 0.15) is 5.01 Å². The van der Waals surface area contributed by atoms with Crippen LogP contribution in [0.5, 0.6) is 0 Å². The zero-order valence-electron chi connectivity index (χ0n) is 8.51. The topological polar surface area (TPSA) is 37.8 Å². The van der Waals surface area contributed by atoms with E-state index < -0.39 is 17.4 Å². The van der Waals surface area contributed by atoms with Crippen molar-refractivity contribution in [3.63, 3.8) is 0 Å². The van der Waals surface area contributed by atoms with Gasteiger partial charge in [-0.05, 0) is 13.0 Å². The highest BCUT2D eigenvalue weighted by Crippen LogP contribution is 2.35. The molecule has 92 valence electrons. The number of nitrogens with zero attached hydrogens (tertiary/aromatic N) is 2. The van der Waals surface area contributed by atoms with E-state index in [1.165, 1.54) is 0 Å². The minimum atomic E-state index is -4.21. The largest absolute Gasteiger partial charge is 0.359 e. The first kappa shape index (κ1) is 13.3. The Bertz CT molecular complexity index is 329. The summed E-state index contributed by atoms with van der Waals surface area (Å²) >= 11 is 0.504. The van der Waals surface area contributed by atoms with E-state index in [1.807, 2.05) is 6.92 Å². The standard InChI is InChI=1S/C8H11F4N3S/c1-2-3-13-4-5-14-15-7(16-5)8(11,12)6(9)10/h6,13H,2-4H2,1H3. The number of halogens is 4. The Morgan fingerprint density at radius 2 is 2.06 bits per heavy atom. The summed E-state index contributed by atoms with van der Waals surface area (Å²) in [6.07, 6.45) is -2.87. The van der Waals surface area contributed by atoms with Gasteiger partial charge in [0.25, 0.3) is 0 Å². The van der Waals surface area contributed by atoms with E-state index in [0.29, 0.717) is 17.9 Å².